The van der Waals surface area contributed by atoms with Crippen molar-refractivity contribution in [2.75, 3.05) is 6.61 Å². The van der Waals surface area contributed by atoms with Crippen molar-refractivity contribution in [3.63, 3.8) is 0 Å². The SMILES string of the molecule is CCOC=O.Cc1cn(PI)[nH]c1=O. The number of nitrogens with zero attached hydrogens (tertiary/aromatic N) is 1. The molecule has 0 amide bonds. The van der Waals surface area contributed by atoms with Crippen LogP contribution in [0, 0.1) is 6.92 Å². The molecule has 1 heterocycles. The number of rotatable bonds is 3. The first kappa shape index (κ1) is 13.6. The number of aromatic nitrogens is 2. The van der Waals surface area contributed by atoms with Crippen LogP contribution in [-0.4, -0.2) is 22.6 Å². The van der Waals surface area contributed by atoms with E-state index in [2.05, 4.69) is 31.9 Å². The van der Waals surface area contributed by atoms with Crippen molar-refractivity contribution in [2.24, 2.45) is 0 Å². The van der Waals surface area contributed by atoms with E-state index in [-0.39, 0.29) is 5.56 Å². The standard InChI is InChI=1S/C4H6IN2OP.C3H6O2/c1-3-2-7(9-5)6-4(3)8;1-2-5-3-4/h2,9H,1H3,(H,6,8);3H,2H2,1H3. The van der Waals surface area contributed by atoms with Crippen LogP contribution >= 0.6 is 28.4 Å². The zero-order valence-electron chi connectivity index (χ0n) is 7.91. The van der Waals surface area contributed by atoms with Gasteiger partial charge in [0.05, 0.1) is 13.0 Å². The Hall–Kier alpha value is -0.360. The third-order valence-electron chi connectivity index (χ3n) is 1.23. The van der Waals surface area contributed by atoms with Crippen LogP contribution in [-0.2, 0) is 9.53 Å². The van der Waals surface area contributed by atoms with Crippen LogP contribution in [0.2, 0.25) is 0 Å². The molecule has 0 spiro atoms. The van der Waals surface area contributed by atoms with Gasteiger partial charge in [-0.05, 0) is 35.9 Å². The summed E-state index contributed by atoms with van der Waals surface area (Å²) in [5, 5.41) is 2.66. The molecule has 0 radical (unpaired) electrons. The van der Waals surface area contributed by atoms with Gasteiger partial charge in [-0.1, -0.05) is 0 Å². The van der Waals surface area contributed by atoms with Crippen molar-refractivity contribution in [3.8, 4) is 0 Å². The van der Waals surface area contributed by atoms with Gasteiger partial charge in [0, 0.05) is 11.8 Å². The highest BCUT2D eigenvalue weighted by atomic mass is 127. The smallest absolute Gasteiger partial charge is 0.293 e. The van der Waals surface area contributed by atoms with E-state index in [1.165, 1.54) is 0 Å². The monoisotopic (exact) mass is 330 g/mol. The molecule has 80 valence electrons. The minimum absolute atomic E-state index is 0.0131. The van der Waals surface area contributed by atoms with Gasteiger partial charge in [-0.3, -0.25) is 19.1 Å². The zero-order chi connectivity index (χ0) is 11.0. The second-order valence-electron chi connectivity index (χ2n) is 2.26. The molecule has 0 bridgehead atoms. The maximum absolute atomic E-state index is 10.7. The highest BCUT2D eigenvalue weighted by Gasteiger charge is 1.94. The summed E-state index contributed by atoms with van der Waals surface area (Å²) in [6, 6.07) is 0. The number of aryl methyl sites for hydroxylation is 1. The van der Waals surface area contributed by atoms with E-state index >= 15 is 0 Å². The molecule has 0 fully saturated rings. The molecule has 0 saturated heterocycles. The number of halogens is 1. The van der Waals surface area contributed by atoms with E-state index in [1.54, 1.807) is 18.3 Å². The minimum atomic E-state index is 0.0131. The van der Waals surface area contributed by atoms with E-state index in [0.29, 0.717) is 19.5 Å². The number of hydrogen-bond acceptors (Lipinski definition) is 3. The Morgan fingerprint density at radius 1 is 1.79 bits per heavy atom. The summed E-state index contributed by atoms with van der Waals surface area (Å²) in [6.45, 7) is 4.46. The summed E-state index contributed by atoms with van der Waals surface area (Å²) in [5.74, 6) is 0. The second-order valence-corrected chi connectivity index (χ2v) is 4.36. The molecular weight excluding hydrogens is 318 g/mol. The molecule has 14 heavy (non-hydrogen) atoms. The molecule has 1 aromatic rings. The van der Waals surface area contributed by atoms with E-state index in [1.807, 2.05) is 6.20 Å². The highest BCUT2D eigenvalue weighted by Crippen LogP contribution is 2.20. The third kappa shape index (κ3) is 5.39. The first-order valence-corrected chi connectivity index (χ1v) is 7.92. The summed E-state index contributed by atoms with van der Waals surface area (Å²) >= 11 is 2.20. The number of carbonyl (C=O) groups is 1. The third-order valence-corrected chi connectivity index (χ3v) is 3.21. The van der Waals surface area contributed by atoms with Crippen molar-refractivity contribution in [3.05, 3.63) is 22.1 Å². The predicted octanol–water partition coefficient (Wildman–Crippen LogP) is 1.46. The van der Waals surface area contributed by atoms with Gasteiger partial charge in [0.2, 0.25) is 0 Å². The Bertz CT molecular complexity index is 323. The Kier molecular flexibility index (Phi) is 7.78. The Labute approximate surface area is 96.5 Å². The lowest BCUT2D eigenvalue weighted by Crippen LogP contribution is -2.01. The number of hydrogen-bond donors (Lipinski definition) is 1. The molecule has 0 saturated carbocycles. The van der Waals surface area contributed by atoms with Crippen molar-refractivity contribution in [1.29, 1.82) is 0 Å². The minimum Gasteiger partial charge on any atom is -0.468 e. The molecule has 7 heteroatoms. The average molecular weight is 330 g/mol. The summed E-state index contributed by atoms with van der Waals surface area (Å²) in [6.07, 6.45) is 2.39. The Morgan fingerprint density at radius 2 is 2.43 bits per heavy atom. The quantitative estimate of drug-likeness (QED) is 0.518. The van der Waals surface area contributed by atoms with Gasteiger partial charge in [0.1, 0.15) is 0 Å². The van der Waals surface area contributed by atoms with Crippen LogP contribution in [0.15, 0.2) is 11.0 Å². The van der Waals surface area contributed by atoms with Gasteiger partial charge >= 0.3 is 0 Å². The highest BCUT2D eigenvalue weighted by molar-refractivity contribution is 14.2. The normalized spacial score (nSPS) is 9.64. The van der Waals surface area contributed by atoms with E-state index in [9.17, 15) is 9.59 Å². The van der Waals surface area contributed by atoms with Crippen molar-refractivity contribution in [1.82, 2.24) is 9.55 Å². The number of carbonyl (C=O) groups excluding carboxylic acids is 1. The maximum atomic E-state index is 10.7. The molecule has 0 aromatic carbocycles. The molecule has 1 atom stereocenters. The molecule has 0 aliphatic heterocycles. The van der Waals surface area contributed by atoms with Gasteiger partial charge in [0.15, 0.2) is 0 Å². The van der Waals surface area contributed by atoms with Crippen molar-refractivity contribution < 1.29 is 9.53 Å². The van der Waals surface area contributed by atoms with Crippen LogP contribution in [0.4, 0.5) is 0 Å². The molecule has 1 N–H and O–H groups in total. The number of H-pyrrole nitrogens is 1. The lowest BCUT2D eigenvalue weighted by molar-refractivity contribution is -0.128. The topological polar surface area (TPSA) is 64.1 Å². The van der Waals surface area contributed by atoms with Crippen LogP contribution in [0.3, 0.4) is 0 Å². The van der Waals surface area contributed by atoms with Crippen LogP contribution in [0.1, 0.15) is 12.5 Å². The van der Waals surface area contributed by atoms with E-state index in [4.69, 9.17) is 0 Å². The molecule has 1 aromatic heterocycles. The van der Waals surface area contributed by atoms with E-state index < -0.39 is 0 Å². The van der Waals surface area contributed by atoms with Crippen LogP contribution < -0.4 is 5.56 Å². The lowest BCUT2D eigenvalue weighted by atomic mass is 10.4. The fourth-order valence-corrected chi connectivity index (χ4v) is 1.76. The molecular formula is C7H12IN2O3P. The largest absolute Gasteiger partial charge is 0.468 e. The summed E-state index contributed by atoms with van der Waals surface area (Å²) in [7, 11) is 0. The van der Waals surface area contributed by atoms with Crippen molar-refractivity contribution >= 4 is 34.9 Å². The van der Waals surface area contributed by atoms with Gasteiger partial charge in [-0.15, -0.1) is 0 Å². The summed E-state index contributed by atoms with van der Waals surface area (Å²) in [5.41, 5.74) is 0.790. The lowest BCUT2D eigenvalue weighted by Gasteiger charge is -1.88. The first-order valence-electron chi connectivity index (χ1n) is 3.85. The fourth-order valence-electron chi connectivity index (χ4n) is 0.596. The fraction of sp³-hybridized carbons (Fsp3) is 0.429. The average Bonchev–Trinajstić information content (AvgIpc) is 2.49. The van der Waals surface area contributed by atoms with Gasteiger partial charge in [-0.2, -0.15) is 0 Å². The first-order chi connectivity index (χ1) is 6.65. The second kappa shape index (κ2) is 7.99. The molecule has 0 aliphatic carbocycles. The Morgan fingerprint density at radius 3 is 2.57 bits per heavy atom. The molecule has 0 aliphatic rings. The predicted molar refractivity (Wildman–Crippen MR) is 65.2 cm³/mol. The Balaban J connectivity index is 0.000000292. The van der Waals surface area contributed by atoms with Crippen molar-refractivity contribution in [2.45, 2.75) is 13.8 Å². The molecule has 1 rings (SSSR count). The molecule has 5 nitrogen and oxygen atoms in total. The summed E-state index contributed by atoms with van der Waals surface area (Å²) < 4.78 is 5.93. The maximum Gasteiger partial charge on any atom is 0.293 e. The van der Waals surface area contributed by atoms with Gasteiger partial charge in [-0.25, -0.2) is 0 Å². The zero-order valence-corrected chi connectivity index (χ0v) is 11.1. The van der Waals surface area contributed by atoms with Crippen LogP contribution in [0.5, 0.6) is 0 Å². The summed E-state index contributed by atoms with van der Waals surface area (Å²) in [4.78, 5) is 19.9. The number of nitrogens with one attached hydrogen (secondary N) is 1. The van der Waals surface area contributed by atoms with E-state index in [0.717, 1.165) is 5.56 Å². The number of ether oxygens (including phenoxy) is 1. The molecule has 1 unspecified atom stereocenters. The van der Waals surface area contributed by atoms with Crippen LogP contribution in [0.25, 0.3) is 0 Å². The van der Waals surface area contributed by atoms with Gasteiger partial charge in [0.25, 0.3) is 12.0 Å². The number of aromatic amines is 1. The van der Waals surface area contributed by atoms with Gasteiger partial charge < -0.3 is 4.74 Å².